The molecule has 3 heteroatoms. The summed E-state index contributed by atoms with van der Waals surface area (Å²) in [5, 5.41) is 3.54. The van der Waals surface area contributed by atoms with Gasteiger partial charge in [0.1, 0.15) is 11.9 Å². The maximum atomic E-state index is 6.16. The first-order valence-corrected chi connectivity index (χ1v) is 8.33. The van der Waals surface area contributed by atoms with Gasteiger partial charge in [-0.3, -0.25) is 4.90 Å². The Bertz CT molecular complexity index is 486. The van der Waals surface area contributed by atoms with Crippen LogP contribution >= 0.6 is 0 Å². The molecule has 0 saturated carbocycles. The van der Waals surface area contributed by atoms with Crippen molar-refractivity contribution in [3.8, 4) is 5.75 Å². The average Bonchev–Trinajstić information content (AvgIpc) is 2.82. The van der Waals surface area contributed by atoms with E-state index in [4.69, 9.17) is 4.74 Å². The average molecular weight is 288 g/mol. The molecule has 1 aromatic carbocycles. The van der Waals surface area contributed by atoms with Crippen molar-refractivity contribution in [3.63, 3.8) is 0 Å². The van der Waals surface area contributed by atoms with Crippen LogP contribution in [-0.4, -0.2) is 43.2 Å². The minimum absolute atomic E-state index is 0.328. The number of benzene rings is 1. The van der Waals surface area contributed by atoms with Crippen molar-refractivity contribution in [2.24, 2.45) is 5.92 Å². The number of hydrogen-bond acceptors (Lipinski definition) is 3. The third-order valence-electron chi connectivity index (χ3n) is 4.61. The molecule has 2 aliphatic rings. The normalized spacial score (nSPS) is 25.9. The van der Waals surface area contributed by atoms with Crippen LogP contribution in [0.1, 0.15) is 31.4 Å². The van der Waals surface area contributed by atoms with E-state index in [1.165, 1.54) is 17.5 Å². The Kier molecular flexibility index (Phi) is 4.51. The van der Waals surface area contributed by atoms with E-state index in [2.05, 4.69) is 49.2 Å². The number of piperazine rings is 1. The molecule has 2 aliphatic heterocycles. The molecule has 0 aliphatic carbocycles. The number of ether oxygens (including phenoxy) is 1. The van der Waals surface area contributed by atoms with Crippen molar-refractivity contribution in [1.82, 2.24) is 10.2 Å². The summed E-state index contributed by atoms with van der Waals surface area (Å²) in [6.45, 7) is 11.2. The van der Waals surface area contributed by atoms with Crippen molar-refractivity contribution < 1.29 is 4.74 Å². The molecule has 0 spiro atoms. The molecule has 1 fully saturated rings. The van der Waals surface area contributed by atoms with E-state index >= 15 is 0 Å². The van der Waals surface area contributed by atoms with Crippen molar-refractivity contribution in [2.45, 2.75) is 45.8 Å². The van der Waals surface area contributed by atoms with E-state index in [1.54, 1.807) is 0 Å². The first kappa shape index (κ1) is 14.9. The van der Waals surface area contributed by atoms with E-state index in [1.807, 2.05) is 0 Å². The SMILES string of the molecule is Cc1ccc2c(c1)CC(CN1CCNCC1CC(C)C)O2. The fourth-order valence-electron chi connectivity index (χ4n) is 3.63. The van der Waals surface area contributed by atoms with Gasteiger partial charge in [-0.1, -0.05) is 31.5 Å². The lowest BCUT2D eigenvalue weighted by Crippen LogP contribution is -2.54. The minimum atomic E-state index is 0.328. The first-order valence-electron chi connectivity index (χ1n) is 8.33. The van der Waals surface area contributed by atoms with Gasteiger partial charge < -0.3 is 10.1 Å². The van der Waals surface area contributed by atoms with Crippen molar-refractivity contribution in [3.05, 3.63) is 29.3 Å². The Labute approximate surface area is 128 Å². The highest BCUT2D eigenvalue weighted by molar-refractivity contribution is 5.40. The summed E-state index contributed by atoms with van der Waals surface area (Å²) < 4.78 is 6.16. The molecule has 1 aromatic rings. The molecule has 0 amide bonds. The van der Waals surface area contributed by atoms with Crippen LogP contribution in [0.4, 0.5) is 0 Å². The lowest BCUT2D eigenvalue weighted by Gasteiger charge is -2.38. The summed E-state index contributed by atoms with van der Waals surface area (Å²) in [5.74, 6) is 1.85. The highest BCUT2D eigenvalue weighted by Gasteiger charge is 2.29. The van der Waals surface area contributed by atoms with Gasteiger partial charge in [0.2, 0.25) is 0 Å². The number of rotatable bonds is 4. The van der Waals surface area contributed by atoms with Gasteiger partial charge in [0.15, 0.2) is 0 Å². The van der Waals surface area contributed by atoms with E-state index < -0.39 is 0 Å². The fraction of sp³-hybridized carbons (Fsp3) is 0.667. The highest BCUT2D eigenvalue weighted by Crippen LogP contribution is 2.30. The monoisotopic (exact) mass is 288 g/mol. The van der Waals surface area contributed by atoms with Gasteiger partial charge in [-0.2, -0.15) is 0 Å². The van der Waals surface area contributed by atoms with Crippen molar-refractivity contribution >= 4 is 0 Å². The third kappa shape index (κ3) is 3.58. The molecule has 3 nitrogen and oxygen atoms in total. The second kappa shape index (κ2) is 6.37. The summed E-state index contributed by atoms with van der Waals surface area (Å²) in [7, 11) is 0. The summed E-state index contributed by atoms with van der Waals surface area (Å²) in [4.78, 5) is 2.64. The molecular formula is C18H28N2O. The zero-order chi connectivity index (χ0) is 14.8. The largest absolute Gasteiger partial charge is 0.488 e. The van der Waals surface area contributed by atoms with Crippen LogP contribution in [0.2, 0.25) is 0 Å². The lowest BCUT2D eigenvalue weighted by atomic mass is 10.00. The molecule has 0 bridgehead atoms. The second-order valence-electron chi connectivity index (χ2n) is 7.04. The van der Waals surface area contributed by atoms with Gasteiger partial charge in [0.25, 0.3) is 0 Å². The maximum absolute atomic E-state index is 6.16. The molecule has 1 N–H and O–H groups in total. The van der Waals surface area contributed by atoms with Gasteiger partial charge in [-0.25, -0.2) is 0 Å². The fourth-order valence-corrected chi connectivity index (χ4v) is 3.63. The molecule has 0 aromatic heterocycles. The highest BCUT2D eigenvalue weighted by atomic mass is 16.5. The summed E-state index contributed by atoms with van der Waals surface area (Å²) in [6, 6.07) is 7.22. The van der Waals surface area contributed by atoms with E-state index in [0.717, 1.165) is 44.3 Å². The quantitative estimate of drug-likeness (QED) is 0.922. The number of nitrogens with zero attached hydrogens (tertiary/aromatic N) is 1. The van der Waals surface area contributed by atoms with E-state index in [0.29, 0.717) is 12.1 Å². The number of nitrogens with one attached hydrogen (secondary N) is 1. The standard InChI is InChI=1S/C18H28N2O/c1-13(2)8-16-11-19-6-7-20(16)12-17-10-15-9-14(3)4-5-18(15)21-17/h4-5,9,13,16-17,19H,6-8,10-12H2,1-3H3. The van der Waals surface area contributed by atoms with Gasteiger partial charge in [0, 0.05) is 38.6 Å². The van der Waals surface area contributed by atoms with Crippen LogP contribution in [0.5, 0.6) is 5.75 Å². The smallest absolute Gasteiger partial charge is 0.123 e. The molecule has 116 valence electrons. The Balaban J connectivity index is 1.61. The second-order valence-corrected chi connectivity index (χ2v) is 7.04. The predicted octanol–water partition coefficient (Wildman–Crippen LogP) is 2.62. The number of hydrogen-bond donors (Lipinski definition) is 1. The van der Waals surface area contributed by atoms with Gasteiger partial charge in [0.05, 0.1) is 0 Å². The summed E-state index contributed by atoms with van der Waals surface area (Å²) in [5.41, 5.74) is 2.72. The van der Waals surface area contributed by atoms with Crippen LogP contribution in [-0.2, 0) is 6.42 Å². The Hall–Kier alpha value is -1.06. The lowest BCUT2D eigenvalue weighted by molar-refractivity contribution is 0.0881. The topological polar surface area (TPSA) is 24.5 Å². The zero-order valence-corrected chi connectivity index (χ0v) is 13.6. The van der Waals surface area contributed by atoms with Gasteiger partial charge in [-0.15, -0.1) is 0 Å². The Morgan fingerprint density at radius 2 is 2.24 bits per heavy atom. The molecule has 3 rings (SSSR count). The van der Waals surface area contributed by atoms with Crippen LogP contribution in [0, 0.1) is 12.8 Å². The summed E-state index contributed by atoms with van der Waals surface area (Å²) in [6.07, 6.45) is 2.66. The van der Waals surface area contributed by atoms with Crippen molar-refractivity contribution in [2.75, 3.05) is 26.2 Å². The van der Waals surface area contributed by atoms with Crippen LogP contribution < -0.4 is 10.1 Å². The van der Waals surface area contributed by atoms with Crippen LogP contribution in [0.25, 0.3) is 0 Å². The maximum Gasteiger partial charge on any atom is 0.123 e. The molecule has 2 atom stereocenters. The van der Waals surface area contributed by atoms with Gasteiger partial charge >= 0.3 is 0 Å². The molecule has 2 heterocycles. The Morgan fingerprint density at radius 3 is 3.05 bits per heavy atom. The number of fused-ring (bicyclic) bond motifs is 1. The molecule has 1 saturated heterocycles. The number of aryl methyl sites for hydroxylation is 1. The molecular weight excluding hydrogens is 260 g/mol. The molecule has 21 heavy (non-hydrogen) atoms. The van der Waals surface area contributed by atoms with E-state index in [9.17, 15) is 0 Å². The zero-order valence-electron chi connectivity index (χ0n) is 13.6. The minimum Gasteiger partial charge on any atom is -0.488 e. The Morgan fingerprint density at radius 1 is 1.38 bits per heavy atom. The summed E-state index contributed by atoms with van der Waals surface area (Å²) >= 11 is 0. The molecule has 0 radical (unpaired) electrons. The predicted molar refractivity (Wildman–Crippen MR) is 87.0 cm³/mol. The van der Waals surface area contributed by atoms with Crippen LogP contribution in [0.15, 0.2) is 18.2 Å². The third-order valence-corrected chi connectivity index (χ3v) is 4.61. The van der Waals surface area contributed by atoms with E-state index in [-0.39, 0.29) is 0 Å². The van der Waals surface area contributed by atoms with Crippen LogP contribution in [0.3, 0.4) is 0 Å². The molecule has 2 unspecified atom stereocenters. The van der Waals surface area contributed by atoms with Gasteiger partial charge in [-0.05, 0) is 30.9 Å². The van der Waals surface area contributed by atoms with Crippen molar-refractivity contribution in [1.29, 1.82) is 0 Å². The first-order chi connectivity index (χ1) is 10.1.